The zero-order valence-electron chi connectivity index (χ0n) is 3.84. The Labute approximate surface area is 36.5 Å². The van der Waals surface area contributed by atoms with Gasteiger partial charge in [0, 0.05) is 6.21 Å². The Hall–Kier alpha value is -0.570. The van der Waals surface area contributed by atoms with Crippen molar-refractivity contribution in [2.75, 3.05) is 7.11 Å². The third-order valence-corrected chi connectivity index (χ3v) is 0.223. The second-order valence-corrected chi connectivity index (χ2v) is 0.605. The SMILES string of the molecule is CC=NOOC. The van der Waals surface area contributed by atoms with Crippen molar-refractivity contribution >= 4 is 6.21 Å². The molecular formula is C3H7NO2. The quantitative estimate of drug-likeness (QED) is 0.281. The van der Waals surface area contributed by atoms with Crippen molar-refractivity contribution in [2.24, 2.45) is 5.16 Å². The van der Waals surface area contributed by atoms with E-state index in [1.54, 1.807) is 6.92 Å². The van der Waals surface area contributed by atoms with Gasteiger partial charge in [0.25, 0.3) is 0 Å². The predicted molar refractivity (Wildman–Crippen MR) is 22.3 cm³/mol. The Kier molecular flexibility index (Phi) is 4.01. The molecule has 0 spiro atoms. The van der Waals surface area contributed by atoms with Gasteiger partial charge in [-0.2, -0.15) is 4.89 Å². The summed E-state index contributed by atoms with van der Waals surface area (Å²) in [7, 11) is 1.40. The van der Waals surface area contributed by atoms with Crippen LogP contribution in [0.3, 0.4) is 0 Å². The average molecular weight is 89.1 g/mol. The number of rotatable bonds is 2. The fraction of sp³-hybridized carbons (Fsp3) is 0.667. The molecule has 0 saturated carbocycles. The highest BCUT2D eigenvalue weighted by Crippen LogP contribution is 1.67. The average Bonchev–Trinajstić information content (AvgIpc) is 1.61. The molecule has 0 aromatic rings. The van der Waals surface area contributed by atoms with Crippen molar-refractivity contribution in [1.82, 2.24) is 0 Å². The molecule has 0 aliphatic rings. The Bertz CT molecular complexity index is 44.1. The standard InChI is InChI=1S/C3H7NO2/c1-3-4-6-5-2/h3H,1-2H3. The summed E-state index contributed by atoms with van der Waals surface area (Å²) >= 11 is 0. The lowest BCUT2D eigenvalue weighted by Crippen LogP contribution is -1.75. The van der Waals surface area contributed by atoms with Gasteiger partial charge in [0.2, 0.25) is 0 Å². The van der Waals surface area contributed by atoms with Crippen LogP contribution in [0, 0.1) is 0 Å². The maximum atomic E-state index is 4.08. The summed E-state index contributed by atoms with van der Waals surface area (Å²) in [6, 6.07) is 0. The van der Waals surface area contributed by atoms with Gasteiger partial charge in [-0.3, -0.25) is 0 Å². The molecule has 0 radical (unpaired) electrons. The van der Waals surface area contributed by atoms with E-state index in [2.05, 4.69) is 15.0 Å². The molecule has 0 aliphatic carbocycles. The number of hydrogen-bond donors (Lipinski definition) is 0. The smallest absolute Gasteiger partial charge is 0.0856 e. The molecule has 3 heteroatoms. The van der Waals surface area contributed by atoms with Crippen LogP contribution in [0.1, 0.15) is 6.92 Å². The van der Waals surface area contributed by atoms with E-state index < -0.39 is 0 Å². The van der Waals surface area contributed by atoms with Gasteiger partial charge in [0.05, 0.1) is 7.11 Å². The van der Waals surface area contributed by atoms with E-state index in [1.165, 1.54) is 13.3 Å². The molecule has 0 aromatic carbocycles. The molecule has 0 amide bonds. The van der Waals surface area contributed by atoms with Crippen LogP contribution in [0.2, 0.25) is 0 Å². The fourth-order valence-electron chi connectivity index (χ4n) is 0.0861. The molecule has 0 bridgehead atoms. The van der Waals surface area contributed by atoms with Crippen molar-refractivity contribution in [2.45, 2.75) is 6.92 Å². The lowest BCUT2D eigenvalue weighted by molar-refractivity contribution is -0.272. The first-order valence-corrected chi connectivity index (χ1v) is 1.59. The summed E-state index contributed by atoms with van der Waals surface area (Å²) in [5.41, 5.74) is 0. The maximum Gasteiger partial charge on any atom is 0.0856 e. The van der Waals surface area contributed by atoms with Crippen LogP contribution in [-0.4, -0.2) is 13.3 Å². The summed E-state index contributed by atoms with van der Waals surface area (Å²) in [5.74, 6) is 0. The molecule has 0 N–H and O–H groups in total. The minimum Gasteiger partial charge on any atom is -0.221 e. The summed E-state index contributed by atoms with van der Waals surface area (Å²) < 4.78 is 0. The van der Waals surface area contributed by atoms with Gasteiger partial charge in [-0.05, 0) is 6.92 Å². The molecule has 0 unspecified atom stereocenters. The molecule has 0 heterocycles. The van der Waals surface area contributed by atoms with Gasteiger partial charge < -0.3 is 0 Å². The van der Waals surface area contributed by atoms with Gasteiger partial charge in [0.15, 0.2) is 0 Å². The predicted octanol–water partition coefficient (Wildman–Crippen LogP) is 0.570. The van der Waals surface area contributed by atoms with E-state index in [9.17, 15) is 0 Å². The molecular weight excluding hydrogens is 82.0 g/mol. The van der Waals surface area contributed by atoms with E-state index in [0.29, 0.717) is 0 Å². The number of nitrogens with zero attached hydrogens (tertiary/aromatic N) is 1. The first kappa shape index (κ1) is 5.43. The van der Waals surface area contributed by atoms with Crippen molar-refractivity contribution in [1.29, 1.82) is 0 Å². The van der Waals surface area contributed by atoms with Crippen molar-refractivity contribution in [3.8, 4) is 0 Å². The van der Waals surface area contributed by atoms with Crippen molar-refractivity contribution in [3.63, 3.8) is 0 Å². The van der Waals surface area contributed by atoms with Crippen molar-refractivity contribution in [3.05, 3.63) is 0 Å². The topological polar surface area (TPSA) is 30.8 Å². The second kappa shape index (κ2) is 4.43. The summed E-state index contributed by atoms with van der Waals surface area (Å²) in [6.45, 7) is 1.74. The van der Waals surface area contributed by atoms with E-state index in [4.69, 9.17) is 0 Å². The third kappa shape index (κ3) is 3.43. The Morgan fingerprint density at radius 3 is 2.50 bits per heavy atom. The van der Waals surface area contributed by atoms with Crippen LogP contribution in [-0.2, 0) is 9.88 Å². The van der Waals surface area contributed by atoms with E-state index in [1.807, 2.05) is 0 Å². The van der Waals surface area contributed by atoms with Gasteiger partial charge in [-0.25, -0.2) is 4.99 Å². The molecule has 0 fully saturated rings. The zero-order chi connectivity index (χ0) is 4.83. The Balaban J connectivity index is 2.66. The van der Waals surface area contributed by atoms with Crippen LogP contribution >= 0.6 is 0 Å². The summed E-state index contributed by atoms with van der Waals surface area (Å²) in [6.07, 6.45) is 1.49. The summed E-state index contributed by atoms with van der Waals surface area (Å²) in [5, 5.41) is 3.24. The molecule has 36 valence electrons. The number of hydrogen-bond acceptors (Lipinski definition) is 3. The minimum absolute atomic E-state index is 1.40. The molecule has 3 nitrogen and oxygen atoms in total. The Morgan fingerprint density at radius 1 is 1.67 bits per heavy atom. The lowest BCUT2D eigenvalue weighted by atomic mass is 10.9. The minimum atomic E-state index is 1.40. The van der Waals surface area contributed by atoms with Crippen LogP contribution in [0.4, 0.5) is 0 Å². The maximum absolute atomic E-state index is 4.08. The molecule has 0 saturated heterocycles. The third-order valence-electron chi connectivity index (χ3n) is 0.223. The zero-order valence-corrected chi connectivity index (χ0v) is 3.84. The highest BCUT2D eigenvalue weighted by Gasteiger charge is 1.59. The van der Waals surface area contributed by atoms with E-state index >= 15 is 0 Å². The molecule has 0 atom stereocenters. The van der Waals surface area contributed by atoms with Crippen LogP contribution in [0.5, 0.6) is 0 Å². The van der Waals surface area contributed by atoms with E-state index in [0.717, 1.165) is 0 Å². The number of oxime groups is 1. The highest BCUT2D eigenvalue weighted by atomic mass is 17.3. The first-order chi connectivity index (χ1) is 2.91. The monoisotopic (exact) mass is 89.0 g/mol. The fourth-order valence-corrected chi connectivity index (χ4v) is 0.0861. The largest absolute Gasteiger partial charge is 0.221 e. The molecule has 0 aliphatic heterocycles. The van der Waals surface area contributed by atoms with Gasteiger partial charge in [-0.15, -0.1) is 0 Å². The normalized spacial score (nSPS) is 9.67. The van der Waals surface area contributed by atoms with Gasteiger partial charge in [-0.1, -0.05) is 5.16 Å². The highest BCUT2D eigenvalue weighted by molar-refractivity contribution is 5.51. The van der Waals surface area contributed by atoms with Crippen LogP contribution < -0.4 is 0 Å². The molecule has 0 aromatic heterocycles. The van der Waals surface area contributed by atoms with Crippen LogP contribution in [0.15, 0.2) is 5.16 Å². The molecule has 0 rings (SSSR count). The van der Waals surface area contributed by atoms with Crippen LogP contribution in [0.25, 0.3) is 0 Å². The molecule has 6 heavy (non-hydrogen) atoms. The first-order valence-electron chi connectivity index (χ1n) is 1.59. The summed E-state index contributed by atoms with van der Waals surface area (Å²) in [4.78, 5) is 8.14. The Morgan fingerprint density at radius 2 is 2.33 bits per heavy atom. The van der Waals surface area contributed by atoms with Gasteiger partial charge in [0.1, 0.15) is 0 Å². The van der Waals surface area contributed by atoms with Gasteiger partial charge >= 0.3 is 0 Å². The second-order valence-electron chi connectivity index (χ2n) is 0.605. The lowest BCUT2D eigenvalue weighted by Gasteiger charge is -1.82. The van der Waals surface area contributed by atoms with E-state index in [-0.39, 0.29) is 0 Å². The van der Waals surface area contributed by atoms with Crippen molar-refractivity contribution < 1.29 is 9.88 Å².